The quantitative estimate of drug-likeness (QED) is 0.743. The summed E-state index contributed by atoms with van der Waals surface area (Å²) in [6, 6.07) is 8.74. The normalized spacial score (nSPS) is 11.9. The van der Waals surface area contributed by atoms with Gasteiger partial charge < -0.3 is 16.4 Å². The van der Waals surface area contributed by atoms with Crippen LogP contribution in [0.3, 0.4) is 0 Å². The average Bonchev–Trinajstić information content (AvgIpc) is 2.28. The van der Waals surface area contributed by atoms with Crippen LogP contribution in [0.1, 0.15) is 12.5 Å². The number of carbonyl (C=O) groups excluding carboxylic acids is 2. The highest BCUT2D eigenvalue weighted by molar-refractivity contribution is 5.86. The van der Waals surface area contributed by atoms with E-state index in [2.05, 4.69) is 0 Å². The number of amides is 2. The van der Waals surface area contributed by atoms with Crippen molar-refractivity contribution in [1.29, 1.82) is 0 Å². The number of hydrogen-bond donors (Lipinski definition) is 2. The molecular weight excluding hydrogens is 218 g/mol. The molecule has 0 aliphatic rings. The van der Waals surface area contributed by atoms with Crippen molar-refractivity contribution in [2.24, 2.45) is 11.5 Å². The van der Waals surface area contributed by atoms with E-state index in [-0.39, 0.29) is 12.5 Å². The Bertz CT molecular complexity index is 390. The van der Waals surface area contributed by atoms with Crippen LogP contribution in [0, 0.1) is 0 Å². The van der Waals surface area contributed by atoms with E-state index in [1.165, 1.54) is 4.90 Å². The van der Waals surface area contributed by atoms with Gasteiger partial charge in [-0.25, -0.2) is 0 Å². The number of nitrogens with zero attached hydrogens (tertiary/aromatic N) is 1. The second-order valence-electron chi connectivity index (χ2n) is 3.93. The van der Waals surface area contributed by atoms with Gasteiger partial charge in [0.25, 0.3) is 0 Å². The van der Waals surface area contributed by atoms with E-state index < -0.39 is 11.9 Å². The first kappa shape index (κ1) is 13.2. The lowest BCUT2D eigenvalue weighted by atomic mass is 10.2. The minimum atomic E-state index is -0.641. The number of benzene rings is 1. The van der Waals surface area contributed by atoms with Gasteiger partial charge in [-0.15, -0.1) is 0 Å². The number of hydrogen-bond acceptors (Lipinski definition) is 3. The van der Waals surface area contributed by atoms with Crippen LogP contribution in [-0.4, -0.2) is 29.3 Å². The van der Waals surface area contributed by atoms with Crippen molar-refractivity contribution in [2.75, 3.05) is 6.54 Å². The molecule has 0 aliphatic carbocycles. The molecule has 0 bridgehead atoms. The lowest BCUT2D eigenvalue weighted by Crippen LogP contribution is -2.45. The maximum absolute atomic E-state index is 11.8. The molecule has 0 saturated carbocycles. The van der Waals surface area contributed by atoms with Crippen molar-refractivity contribution in [3.8, 4) is 0 Å². The summed E-state index contributed by atoms with van der Waals surface area (Å²) in [5, 5.41) is 0. The minimum Gasteiger partial charge on any atom is -0.368 e. The number of rotatable bonds is 5. The lowest BCUT2D eigenvalue weighted by molar-refractivity contribution is -0.136. The molecule has 5 heteroatoms. The second-order valence-corrected chi connectivity index (χ2v) is 3.93. The Hall–Kier alpha value is -1.88. The summed E-state index contributed by atoms with van der Waals surface area (Å²) in [5.74, 6) is -0.831. The molecule has 0 aromatic heterocycles. The fourth-order valence-corrected chi connectivity index (χ4v) is 1.49. The van der Waals surface area contributed by atoms with E-state index in [9.17, 15) is 9.59 Å². The third-order valence-corrected chi connectivity index (χ3v) is 2.26. The third-order valence-electron chi connectivity index (χ3n) is 2.26. The zero-order valence-corrected chi connectivity index (χ0v) is 9.80. The molecule has 1 unspecified atom stereocenters. The Morgan fingerprint density at radius 1 is 1.29 bits per heavy atom. The standard InChI is InChI=1S/C12H17N3O2/c1-9(13)12(17)15(8-11(14)16)7-10-5-3-2-4-6-10/h2-6,9H,7-8,13H2,1H3,(H2,14,16). The van der Waals surface area contributed by atoms with Crippen LogP contribution in [0.2, 0.25) is 0 Å². The van der Waals surface area contributed by atoms with Crippen LogP contribution in [0.15, 0.2) is 30.3 Å². The zero-order valence-electron chi connectivity index (χ0n) is 9.80. The predicted octanol–water partition coefficient (Wildman–Crippen LogP) is -0.152. The van der Waals surface area contributed by atoms with E-state index in [1.54, 1.807) is 6.92 Å². The molecule has 0 radical (unpaired) electrons. The van der Waals surface area contributed by atoms with Gasteiger partial charge in [-0.05, 0) is 12.5 Å². The molecule has 0 saturated heterocycles. The first-order chi connectivity index (χ1) is 8.00. The minimum absolute atomic E-state index is 0.116. The topological polar surface area (TPSA) is 89.4 Å². The van der Waals surface area contributed by atoms with Crippen molar-refractivity contribution < 1.29 is 9.59 Å². The van der Waals surface area contributed by atoms with Gasteiger partial charge in [0, 0.05) is 6.54 Å². The Balaban J connectivity index is 2.77. The van der Waals surface area contributed by atoms with E-state index in [0.29, 0.717) is 6.54 Å². The Morgan fingerprint density at radius 3 is 2.35 bits per heavy atom. The predicted molar refractivity (Wildman–Crippen MR) is 64.7 cm³/mol. The Labute approximate surface area is 100 Å². The zero-order chi connectivity index (χ0) is 12.8. The van der Waals surface area contributed by atoms with E-state index in [0.717, 1.165) is 5.56 Å². The highest BCUT2D eigenvalue weighted by Crippen LogP contribution is 2.05. The van der Waals surface area contributed by atoms with Crippen LogP contribution in [-0.2, 0) is 16.1 Å². The van der Waals surface area contributed by atoms with Gasteiger partial charge in [0.1, 0.15) is 0 Å². The summed E-state index contributed by atoms with van der Waals surface area (Å²) in [4.78, 5) is 24.1. The van der Waals surface area contributed by atoms with E-state index in [4.69, 9.17) is 11.5 Å². The number of nitrogens with two attached hydrogens (primary N) is 2. The highest BCUT2D eigenvalue weighted by atomic mass is 16.2. The third kappa shape index (κ3) is 4.24. The maximum atomic E-state index is 11.8. The van der Waals surface area contributed by atoms with Crippen molar-refractivity contribution in [3.05, 3.63) is 35.9 Å². The summed E-state index contributed by atoms with van der Waals surface area (Å²) in [5.41, 5.74) is 11.6. The Kier molecular flexibility index (Phi) is 4.66. The summed E-state index contributed by atoms with van der Waals surface area (Å²) in [6.45, 7) is 1.81. The Morgan fingerprint density at radius 2 is 1.88 bits per heavy atom. The molecule has 0 aliphatic heterocycles. The van der Waals surface area contributed by atoms with Gasteiger partial charge in [0.15, 0.2) is 0 Å². The molecule has 4 N–H and O–H groups in total. The molecule has 0 fully saturated rings. The smallest absolute Gasteiger partial charge is 0.239 e. The van der Waals surface area contributed by atoms with Gasteiger partial charge >= 0.3 is 0 Å². The van der Waals surface area contributed by atoms with Crippen LogP contribution < -0.4 is 11.5 Å². The van der Waals surface area contributed by atoms with Gasteiger partial charge in [-0.3, -0.25) is 9.59 Å². The van der Waals surface area contributed by atoms with Crippen molar-refractivity contribution in [2.45, 2.75) is 19.5 Å². The molecule has 1 aromatic rings. The molecule has 5 nitrogen and oxygen atoms in total. The molecule has 1 atom stereocenters. The van der Waals surface area contributed by atoms with Crippen molar-refractivity contribution in [1.82, 2.24) is 4.90 Å². The maximum Gasteiger partial charge on any atom is 0.239 e. The fourth-order valence-electron chi connectivity index (χ4n) is 1.49. The SMILES string of the molecule is CC(N)C(=O)N(CC(N)=O)Cc1ccccc1. The van der Waals surface area contributed by atoms with Crippen molar-refractivity contribution in [3.63, 3.8) is 0 Å². The first-order valence-corrected chi connectivity index (χ1v) is 5.37. The van der Waals surface area contributed by atoms with E-state index >= 15 is 0 Å². The second kappa shape index (κ2) is 6.00. The van der Waals surface area contributed by atoms with Crippen LogP contribution in [0.4, 0.5) is 0 Å². The number of primary amides is 1. The van der Waals surface area contributed by atoms with Gasteiger partial charge in [0.05, 0.1) is 12.6 Å². The first-order valence-electron chi connectivity index (χ1n) is 5.37. The summed E-state index contributed by atoms with van der Waals surface area (Å²) >= 11 is 0. The van der Waals surface area contributed by atoms with Crippen LogP contribution in [0.5, 0.6) is 0 Å². The highest BCUT2D eigenvalue weighted by Gasteiger charge is 2.19. The molecule has 17 heavy (non-hydrogen) atoms. The summed E-state index contributed by atoms with van der Waals surface area (Å²) in [7, 11) is 0. The van der Waals surface area contributed by atoms with Crippen LogP contribution >= 0.6 is 0 Å². The lowest BCUT2D eigenvalue weighted by Gasteiger charge is -2.23. The molecule has 2 amide bonds. The largest absolute Gasteiger partial charge is 0.368 e. The molecule has 0 spiro atoms. The molecule has 0 heterocycles. The van der Waals surface area contributed by atoms with E-state index in [1.807, 2.05) is 30.3 Å². The summed E-state index contributed by atoms with van der Waals surface area (Å²) < 4.78 is 0. The van der Waals surface area contributed by atoms with Gasteiger partial charge in [-0.1, -0.05) is 30.3 Å². The molecular formula is C12H17N3O2. The van der Waals surface area contributed by atoms with Crippen molar-refractivity contribution >= 4 is 11.8 Å². The van der Waals surface area contributed by atoms with Gasteiger partial charge in [-0.2, -0.15) is 0 Å². The van der Waals surface area contributed by atoms with Gasteiger partial charge in [0.2, 0.25) is 11.8 Å². The molecule has 1 aromatic carbocycles. The monoisotopic (exact) mass is 235 g/mol. The number of carbonyl (C=O) groups is 2. The fraction of sp³-hybridized carbons (Fsp3) is 0.333. The molecule has 92 valence electrons. The summed E-state index contributed by atoms with van der Waals surface area (Å²) in [6.07, 6.45) is 0. The van der Waals surface area contributed by atoms with Crippen LogP contribution in [0.25, 0.3) is 0 Å². The average molecular weight is 235 g/mol. The molecule has 1 rings (SSSR count).